The van der Waals surface area contributed by atoms with Crippen molar-refractivity contribution in [2.24, 2.45) is 0 Å². The number of aromatic nitrogens is 2. The van der Waals surface area contributed by atoms with Crippen LogP contribution in [0.2, 0.25) is 5.15 Å². The number of carbonyl (C=O) groups excluding carboxylic acids is 1. The van der Waals surface area contributed by atoms with Crippen molar-refractivity contribution in [3.8, 4) is 0 Å². The Labute approximate surface area is 120 Å². The minimum atomic E-state index is -0.0543. The largest absolute Gasteiger partial charge is 0.380 e. The van der Waals surface area contributed by atoms with Gasteiger partial charge in [0.05, 0.1) is 6.61 Å². The van der Waals surface area contributed by atoms with Crippen molar-refractivity contribution in [3.05, 3.63) is 23.0 Å². The number of carbonyl (C=O) groups is 1. The Bertz CT molecular complexity index is 469. The summed E-state index contributed by atoms with van der Waals surface area (Å²) in [5.41, 5.74) is 0.363. The monoisotopic (exact) mass is 299 g/mol. The first-order chi connectivity index (χ1) is 9.25. The van der Waals surface area contributed by atoms with Crippen LogP contribution in [0.4, 0.5) is 0 Å². The average Bonchev–Trinajstić information content (AvgIpc) is 2.47. The number of rotatable bonds is 1. The third kappa shape index (κ3) is 2.70. The number of fused-ring (bicyclic) bond motifs is 1. The molecule has 2 atom stereocenters. The molecule has 3 heterocycles. The molecule has 0 saturated carbocycles. The van der Waals surface area contributed by atoms with Crippen molar-refractivity contribution in [1.82, 2.24) is 15.1 Å². The van der Waals surface area contributed by atoms with Gasteiger partial charge in [0, 0.05) is 30.2 Å². The predicted molar refractivity (Wildman–Crippen MR) is 73.5 cm³/mol. The minimum Gasteiger partial charge on any atom is -0.380 e. The summed E-state index contributed by atoms with van der Waals surface area (Å²) in [6.07, 6.45) is 0.893. The number of thioether (sulfide) groups is 1. The van der Waals surface area contributed by atoms with Crippen molar-refractivity contribution in [2.45, 2.75) is 17.7 Å². The fourth-order valence-electron chi connectivity index (χ4n) is 2.51. The maximum absolute atomic E-state index is 12.5. The van der Waals surface area contributed by atoms with Crippen LogP contribution >= 0.6 is 23.4 Å². The first-order valence-electron chi connectivity index (χ1n) is 6.25. The number of amides is 1. The molecule has 0 unspecified atom stereocenters. The summed E-state index contributed by atoms with van der Waals surface area (Å²) >= 11 is 7.58. The maximum atomic E-state index is 12.5. The quantitative estimate of drug-likeness (QED) is 0.786. The van der Waals surface area contributed by atoms with Gasteiger partial charge in [0.15, 0.2) is 10.8 Å². The Balaban J connectivity index is 1.79. The fraction of sp³-hybridized carbons (Fsp3) is 0.583. The van der Waals surface area contributed by atoms with Gasteiger partial charge in [0.2, 0.25) is 0 Å². The van der Waals surface area contributed by atoms with Crippen LogP contribution < -0.4 is 0 Å². The van der Waals surface area contributed by atoms with E-state index in [9.17, 15) is 4.79 Å². The second kappa shape index (κ2) is 5.64. The van der Waals surface area contributed by atoms with Crippen LogP contribution in [0.25, 0.3) is 0 Å². The Kier molecular flexibility index (Phi) is 3.91. The van der Waals surface area contributed by atoms with Crippen LogP contribution in [0.5, 0.6) is 0 Å². The fourth-order valence-corrected chi connectivity index (χ4v) is 3.92. The van der Waals surface area contributed by atoms with Crippen LogP contribution in [-0.2, 0) is 4.74 Å². The van der Waals surface area contributed by atoms with Crippen LogP contribution in [0, 0.1) is 0 Å². The van der Waals surface area contributed by atoms with E-state index in [1.54, 1.807) is 12.1 Å². The van der Waals surface area contributed by atoms with Crippen LogP contribution in [0.3, 0.4) is 0 Å². The van der Waals surface area contributed by atoms with Gasteiger partial charge in [-0.2, -0.15) is 11.8 Å². The number of nitrogens with zero attached hydrogens (tertiary/aromatic N) is 3. The second-order valence-electron chi connectivity index (χ2n) is 4.58. The SMILES string of the molecule is O=C(c1ccc(Cl)nn1)N1CCS[C@@H]2COCC[C@@H]21. The molecule has 2 aliphatic heterocycles. The third-order valence-corrected chi connectivity index (χ3v) is 4.94. The maximum Gasteiger partial charge on any atom is 0.274 e. The molecule has 0 spiro atoms. The van der Waals surface area contributed by atoms with E-state index in [4.69, 9.17) is 16.3 Å². The normalized spacial score (nSPS) is 26.9. The lowest BCUT2D eigenvalue weighted by atomic mass is 10.1. The van der Waals surface area contributed by atoms with E-state index >= 15 is 0 Å². The highest BCUT2D eigenvalue weighted by Gasteiger charge is 2.37. The Morgan fingerprint density at radius 3 is 3.16 bits per heavy atom. The van der Waals surface area contributed by atoms with Gasteiger partial charge in [-0.25, -0.2) is 0 Å². The first-order valence-corrected chi connectivity index (χ1v) is 7.68. The molecule has 0 radical (unpaired) electrons. The van der Waals surface area contributed by atoms with Gasteiger partial charge in [-0.05, 0) is 18.6 Å². The summed E-state index contributed by atoms with van der Waals surface area (Å²) in [6.45, 7) is 2.21. The van der Waals surface area contributed by atoms with E-state index in [-0.39, 0.29) is 11.9 Å². The zero-order chi connectivity index (χ0) is 13.2. The summed E-state index contributed by atoms with van der Waals surface area (Å²) in [4.78, 5) is 14.4. The van der Waals surface area contributed by atoms with E-state index in [0.29, 0.717) is 16.1 Å². The van der Waals surface area contributed by atoms with Gasteiger partial charge < -0.3 is 9.64 Å². The molecule has 1 aromatic heterocycles. The van der Waals surface area contributed by atoms with Crippen molar-refractivity contribution in [3.63, 3.8) is 0 Å². The summed E-state index contributed by atoms with van der Waals surface area (Å²) in [5, 5.41) is 8.30. The Morgan fingerprint density at radius 2 is 2.37 bits per heavy atom. The molecule has 1 amide bonds. The smallest absolute Gasteiger partial charge is 0.274 e. The first kappa shape index (κ1) is 13.1. The molecule has 0 N–H and O–H groups in total. The topological polar surface area (TPSA) is 55.3 Å². The molecule has 5 nitrogen and oxygen atoms in total. The van der Waals surface area contributed by atoms with Gasteiger partial charge in [0.25, 0.3) is 5.91 Å². The number of ether oxygens (including phenoxy) is 1. The predicted octanol–water partition coefficient (Wildman–Crippen LogP) is 1.48. The van der Waals surface area contributed by atoms with Gasteiger partial charge in [-0.3, -0.25) is 4.79 Å². The highest BCUT2D eigenvalue weighted by Crippen LogP contribution is 2.30. The van der Waals surface area contributed by atoms with Gasteiger partial charge >= 0.3 is 0 Å². The van der Waals surface area contributed by atoms with E-state index in [0.717, 1.165) is 31.9 Å². The molecule has 2 fully saturated rings. The highest BCUT2D eigenvalue weighted by molar-refractivity contribution is 8.00. The van der Waals surface area contributed by atoms with Crippen molar-refractivity contribution >= 4 is 29.3 Å². The van der Waals surface area contributed by atoms with Crippen molar-refractivity contribution in [2.75, 3.05) is 25.5 Å². The molecule has 2 aliphatic rings. The molecule has 0 bridgehead atoms. The van der Waals surface area contributed by atoms with Crippen LogP contribution in [-0.4, -0.2) is 57.8 Å². The average molecular weight is 300 g/mol. The molecule has 3 rings (SSSR count). The lowest BCUT2D eigenvalue weighted by Gasteiger charge is -2.43. The molecule has 0 aromatic carbocycles. The number of halogens is 1. The van der Waals surface area contributed by atoms with E-state index in [2.05, 4.69) is 10.2 Å². The van der Waals surface area contributed by atoms with Crippen LogP contribution in [0.15, 0.2) is 12.1 Å². The van der Waals surface area contributed by atoms with Gasteiger partial charge in [-0.15, -0.1) is 10.2 Å². The number of hydrogen-bond donors (Lipinski definition) is 0. The standard InChI is InChI=1S/C12H14ClN3O2S/c13-11-2-1-8(14-15-11)12(17)16-4-6-19-10-7-18-5-3-9(10)16/h1-2,9-10H,3-7H2/t9-,10+/m0/s1. The molecule has 7 heteroatoms. The lowest BCUT2D eigenvalue weighted by Crippen LogP contribution is -2.54. The molecule has 0 aliphatic carbocycles. The highest BCUT2D eigenvalue weighted by atomic mass is 35.5. The van der Waals surface area contributed by atoms with E-state index in [1.165, 1.54) is 0 Å². The molecular weight excluding hydrogens is 286 g/mol. The summed E-state index contributed by atoms with van der Waals surface area (Å²) in [6, 6.07) is 3.48. The summed E-state index contributed by atoms with van der Waals surface area (Å²) in [5.74, 6) is 0.887. The molecule has 102 valence electrons. The van der Waals surface area contributed by atoms with Gasteiger partial charge in [-0.1, -0.05) is 11.6 Å². The molecular formula is C12H14ClN3O2S. The third-order valence-electron chi connectivity index (χ3n) is 3.45. The lowest BCUT2D eigenvalue weighted by molar-refractivity contribution is 0.0315. The molecule has 2 saturated heterocycles. The summed E-state index contributed by atoms with van der Waals surface area (Å²) in [7, 11) is 0. The van der Waals surface area contributed by atoms with Crippen LogP contribution in [0.1, 0.15) is 16.9 Å². The van der Waals surface area contributed by atoms with E-state index < -0.39 is 0 Å². The minimum absolute atomic E-state index is 0.0543. The van der Waals surface area contributed by atoms with E-state index in [1.807, 2.05) is 16.7 Å². The molecule has 1 aromatic rings. The number of hydrogen-bond acceptors (Lipinski definition) is 5. The zero-order valence-corrected chi connectivity index (χ0v) is 11.9. The van der Waals surface area contributed by atoms with Crippen molar-refractivity contribution < 1.29 is 9.53 Å². The van der Waals surface area contributed by atoms with Gasteiger partial charge in [0.1, 0.15) is 0 Å². The Hall–Kier alpha value is -0.850. The zero-order valence-electron chi connectivity index (χ0n) is 10.3. The summed E-state index contributed by atoms with van der Waals surface area (Å²) < 4.78 is 5.48. The second-order valence-corrected chi connectivity index (χ2v) is 6.31. The van der Waals surface area contributed by atoms with Crippen molar-refractivity contribution in [1.29, 1.82) is 0 Å². The molecule has 19 heavy (non-hydrogen) atoms. The Morgan fingerprint density at radius 1 is 1.47 bits per heavy atom.